The second-order valence-corrected chi connectivity index (χ2v) is 3.88. The molecule has 4 heteroatoms. The van der Waals surface area contributed by atoms with Crippen LogP contribution in [0.5, 0.6) is 0 Å². The molecule has 0 spiro atoms. The van der Waals surface area contributed by atoms with E-state index in [0.29, 0.717) is 12.3 Å². The fraction of sp³-hybridized carbons (Fsp3) is 0.636. The quantitative estimate of drug-likeness (QED) is 0.552. The number of hydrogen-bond acceptors (Lipinski definition) is 3. The van der Waals surface area contributed by atoms with Gasteiger partial charge >= 0.3 is 5.97 Å². The summed E-state index contributed by atoms with van der Waals surface area (Å²) in [4.78, 5) is 22.6. The minimum absolute atomic E-state index is 0.0133. The molecule has 15 heavy (non-hydrogen) atoms. The van der Waals surface area contributed by atoms with Gasteiger partial charge in [-0.25, -0.2) is 4.79 Å². The number of rotatable bonds is 2. The third kappa shape index (κ3) is 3.08. The van der Waals surface area contributed by atoms with Crippen molar-refractivity contribution in [2.24, 2.45) is 11.8 Å². The maximum atomic E-state index is 11.4. The van der Waals surface area contributed by atoms with Gasteiger partial charge in [0.05, 0.1) is 6.61 Å². The molecular weight excluding hydrogens is 194 g/mol. The zero-order valence-electron chi connectivity index (χ0n) is 9.37. The number of carbonyl (C=O) groups excluding carboxylic acids is 2. The summed E-state index contributed by atoms with van der Waals surface area (Å²) < 4.78 is 4.79. The first kappa shape index (κ1) is 11.8. The third-order valence-electron chi connectivity index (χ3n) is 2.51. The predicted molar refractivity (Wildman–Crippen MR) is 55.8 cm³/mol. The number of piperidine rings is 1. The highest BCUT2D eigenvalue weighted by atomic mass is 16.5. The molecule has 1 aliphatic heterocycles. The molecule has 1 heterocycles. The van der Waals surface area contributed by atoms with Gasteiger partial charge in [-0.2, -0.15) is 0 Å². The zero-order valence-corrected chi connectivity index (χ0v) is 9.37. The van der Waals surface area contributed by atoms with Crippen LogP contribution in [-0.4, -0.2) is 18.5 Å². The molecule has 2 atom stereocenters. The highest BCUT2D eigenvalue weighted by Gasteiger charge is 2.26. The maximum Gasteiger partial charge on any atom is 0.332 e. The summed E-state index contributed by atoms with van der Waals surface area (Å²) in [6, 6.07) is 0. The van der Waals surface area contributed by atoms with E-state index in [9.17, 15) is 9.59 Å². The Labute approximate surface area is 89.7 Å². The first-order valence-electron chi connectivity index (χ1n) is 5.23. The van der Waals surface area contributed by atoms with Crippen molar-refractivity contribution in [1.82, 2.24) is 5.32 Å². The van der Waals surface area contributed by atoms with Gasteiger partial charge < -0.3 is 10.1 Å². The predicted octanol–water partition coefficient (Wildman–Crippen LogP) is 1.23. The lowest BCUT2D eigenvalue weighted by Crippen LogP contribution is -2.38. The first-order chi connectivity index (χ1) is 7.04. The molecule has 1 saturated heterocycles. The SMILES string of the molecule is CCOC(=O)/C=C1\NC(=O)[C@@H](C)C[C@H]1C. The summed E-state index contributed by atoms with van der Waals surface area (Å²) in [5.41, 5.74) is 0.663. The van der Waals surface area contributed by atoms with Crippen LogP contribution in [-0.2, 0) is 14.3 Å². The van der Waals surface area contributed by atoms with Crippen molar-refractivity contribution in [2.45, 2.75) is 27.2 Å². The number of amides is 1. The summed E-state index contributed by atoms with van der Waals surface area (Å²) in [6.45, 7) is 5.97. The van der Waals surface area contributed by atoms with Crippen molar-refractivity contribution in [1.29, 1.82) is 0 Å². The molecule has 0 aromatic heterocycles. The van der Waals surface area contributed by atoms with Crippen LogP contribution in [0.3, 0.4) is 0 Å². The van der Waals surface area contributed by atoms with E-state index in [1.165, 1.54) is 6.08 Å². The highest BCUT2D eigenvalue weighted by Crippen LogP contribution is 2.23. The van der Waals surface area contributed by atoms with E-state index in [1.807, 2.05) is 13.8 Å². The van der Waals surface area contributed by atoms with E-state index in [4.69, 9.17) is 4.74 Å². The summed E-state index contributed by atoms with van der Waals surface area (Å²) >= 11 is 0. The molecule has 84 valence electrons. The van der Waals surface area contributed by atoms with E-state index in [2.05, 4.69) is 5.32 Å². The molecule has 4 nitrogen and oxygen atoms in total. The molecule has 1 aliphatic rings. The summed E-state index contributed by atoms with van der Waals surface area (Å²) in [7, 11) is 0. The minimum atomic E-state index is -0.394. The van der Waals surface area contributed by atoms with Gasteiger partial charge in [-0.1, -0.05) is 13.8 Å². The number of carbonyl (C=O) groups is 2. The fourth-order valence-corrected chi connectivity index (χ4v) is 1.64. The Bertz CT molecular complexity index is 296. The second kappa shape index (κ2) is 4.96. The van der Waals surface area contributed by atoms with Gasteiger partial charge in [-0.15, -0.1) is 0 Å². The lowest BCUT2D eigenvalue weighted by Gasteiger charge is -2.26. The molecule has 0 aromatic rings. The summed E-state index contributed by atoms with van der Waals surface area (Å²) in [5.74, 6) is -0.209. The van der Waals surface area contributed by atoms with Gasteiger partial charge in [-0.05, 0) is 19.3 Å². The van der Waals surface area contributed by atoms with Gasteiger partial charge in [-0.3, -0.25) is 4.79 Å². The molecule has 0 aliphatic carbocycles. The molecular formula is C11H17NO3. The van der Waals surface area contributed by atoms with Crippen LogP contribution in [0, 0.1) is 11.8 Å². The summed E-state index contributed by atoms with van der Waals surface area (Å²) in [5, 5.41) is 2.73. The Kier molecular flexibility index (Phi) is 3.88. The molecule has 1 rings (SSSR count). The van der Waals surface area contributed by atoms with Crippen LogP contribution >= 0.6 is 0 Å². The van der Waals surface area contributed by atoms with Gasteiger partial charge in [0, 0.05) is 17.7 Å². The first-order valence-corrected chi connectivity index (χ1v) is 5.23. The van der Waals surface area contributed by atoms with E-state index in [-0.39, 0.29) is 17.7 Å². The van der Waals surface area contributed by atoms with E-state index in [1.54, 1.807) is 6.92 Å². The monoisotopic (exact) mass is 211 g/mol. The summed E-state index contributed by atoms with van der Waals surface area (Å²) in [6.07, 6.45) is 2.15. The van der Waals surface area contributed by atoms with Gasteiger partial charge in [0.25, 0.3) is 0 Å². The van der Waals surface area contributed by atoms with Crippen molar-refractivity contribution >= 4 is 11.9 Å². The van der Waals surface area contributed by atoms with E-state index >= 15 is 0 Å². The molecule has 1 amide bonds. The maximum absolute atomic E-state index is 11.4. The average molecular weight is 211 g/mol. The number of nitrogens with one attached hydrogen (secondary N) is 1. The third-order valence-corrected chi connectivity index (χ3v) is 2.51. The topological polar surface area (TPSA) is 55.4 Å². The second-order valence-electron chi connectivity index (χ2n) is 3.88. The largest absolute Gasteiger partial charge is 0.463 e. The van der Waals surface area contributed by atoms with Crippen LogP contribution in [0.1, 0.15) is 27.2 Å². The number of esters is 1. The van der Waals surface area contributed by atoms with Crippen LogP contribution < -0.4 is 5.32 Å². The Morgan fingerprint density at radius 1 is 1.53 bits per heavy atom. The van der Waals surface area contributed by atoms with Crippen LogP contribution in [0.25, 0.3) is 0 Å². The van der Waals surface area contributed by atoms with Gasteiger partial charge in [0.1, 0.15) is 0 Å². The van der Waals surface area contributed by atoms with Crippen molar-refractivity contribution in [3.63, 3.8) is 0 Å². The molecule has 1 N–H and O–H groups in total. The lowest BCUT2D eigenvalue weighted by atomic mass is 9.89. The van der Waals surface area contributed by atoms with Crippen molar-refractivity contribution in [2.75, 3.05) is 6.61 Å². The Hall–Kier alpha value is -1.32. The Morgan fingerprint density at radius 2 is 2.20 bits per heavy atom. The van der Waals surface area contributed by atoms with Crippen molar-refractivity contribution in [3.8, 4) is 0 Å². The highest BCUT2D eigenvalue weighted by molar-refractivity contribution is 5.86. The van der Waals surface area contributed by atoms with E-state index < -0.39 is 5.97 Å². The van der Waals surface area contributed by atoms with Crippen molar-refractivity contribution < 1.29 is 14.3 Å². The number of hydrogen-bond donors (Lipinski definition) is 1. The fourth-order valence-electron chi connectivity index (χ4n) is 1.64. The standard InChI is InChI=1S/C11H17NO3/c1-4-15-10(13)6-9-7(2)5-8(3)11(14)12-9/h6-8H,4-5H2,1-3H3,(H,12,14)/b9-6-/t7-,8+/m1/s1. The molecule has 0 aromatic carbocycles. The Morgan fingerprint density at radius 3 is 2.80 bits per heavy atom. The molecule has 0 bridgehead atoms. The number of ether oxygens (including phenoxy) is 1. The van der Waals surface area contributed by atoms with Gasteiger partial charge in [0.2, 0.25) is 5.91 Å². The average Bonchev–Trinajstić information content (AvgIpc) is 2.14. The van der Waals surface area contributed by atoms with Crippen LogP contribution in [0.15, 0.2) is 11.8 Å². The smallest absolute Gasteiger partial charge is 0.332 e. The zero-order chi connectivity index (χ0) is 11.4. The number of allylic oxidation sites excluding steroid dienone is 1. The Balaban J connectivity index is 2.69. The minimum Gasteiger partial charge on any atom is -0.463 e. The molecule has 1 fully saturated rings. The van der Waals surface area contributed by atoms with Crippen LogP contribution in [0.2, 0.25) is 0 Å². The van der Waals surface area contributed by atoms with Gasteiger partial charge in [0.15, 0.2) is 0 Å². The molecule has 0 radical (unpaired) electrons. The van der Waals surface area contributed by atoms with Crippen LogP contribution in [0.4, 0.5) is 0 Å². The van der Waals surface area contributed by atoms with Crippen molar-refractivity contribution in [3.05, 3.63) is 11.8 Å². The normalized spacial score (nSPS) is 28.7. The lowest BCUT2D eigenvalue weighted by molar-refractivity contribution is -0.137. The molecule has 0 unspecified atom stereocenters. The molecule has 0 saturated carbocycles. The van der Waals surface area contributed by atoms with E-state index in [0.717, 1.165) is 6.42 Å².